The van der Waals surface area contributed by atoms with Crippen molar-refractivity contribution in [3.63, 3.8) is 0 Å². The lowest BCUT2D eigenvalue weighted by Gasteiger charge is -2.19. The van der Waals surface area contributed by atoms with Crippen molar-refractivity contribution in [2.24, 2.45) is 0 Å². The molecule has 3 aromatic rings. The predicted octanol–water partition coefficient (Wildman–Crippen LogP) is 6.84. The van der Waals surface area contributed by atoms with E-state index in [1.165, 1.54) is 0 Å². The first kappa shape index (κ1) is 24.8. The van der Waals surface area contributed by atoms with E-state index in [0.717, 1.165) is 42.6 Å². The van der Waals surface area contributed by atoms with Crippen LogP contribution in [-0.2, 0) is 6.42 Å². The van der Waals surface area contributed by atoms with Gasteiger partial charge in [0.05, 0.1) is 17.4 Å². The first-order valence-electron chi connectivity index (χ1n) is 10.9. The smallest absolute Gasteiger partial charge is 0.336 e. The van der Waals surface area contributed by atoms with Crippen molar-refractivity contribution in [3.8, 4) is 0 Å². The van der Waals surface area contributed by atoms with Crippen LogP contribution in [0.1, 0.15) is 64.6 Å². The maximum atomic E-state index is 13.2. The Labute approximate surface area is 204 Å². The molecular weight excluding hydrogens is 456 g/mol. The Hall–Kier alpha value is -2.83. The van der Waals surface area contributed by atoms with Gasteiger partial charge in [-0.1, -0.05) is 37.8 Å². The topological polar surface area (TPSA) is 70.5 Å². The molecule has 0 aliphatic carbocycles. The van der Waals surface area contributed by atoms with Crippen LogP contribution in [0.5, 0.6) is 0 Å². The summed E-state index contributed by atoms with van der Waals surface area (Å²) < 4.78 is 0. The second-order valence-electron chi connectivity index (χ2n) is 7.92. The van der Waals surface area contributed by atoms with Crippen molar-refractivity contribution in [2.75, 3.05) is 11.9 Å². The van der Waals surface area contributed by atoms with Gasteiger partial charge < -0.3 is 10.0 Å². The fourth-order valence-corrected chi connectivity index (χ4v) is 4.05. The summed E-state index contributed by atoms with van der Waals surface area (Å²) in [6.45, 7) is 2.14. The minimum absolute atomic E-state index is 0.0359. The van der Waals surface area contributed by atoms with Gasteiger partial charge in [0.2, 0.25) is 5.78 Å². The largest absolute Gasteiger partial charge is 0.478 e. The monoisotopic (exact) mass is 482 g/mol. The van der Waals surface area contributed by atoms with Crippen LogP contribution in [0.2, 0.25) is 5.02 Å². The Bertz CT molecular complexity index is 1130. The number of nitrogens with zero attached hydrogens (tertiary/aromatic N) is 2. The van der Waals surface area contributed by atoms with Crippen LogP contribution in [0, 0.1) is 0 Å². The number of thiol groups is 1. The average Bonchev–Trinajstić information content (AvgIpc) is 2.82. The van der Waals surface area contributed by atoms with Gasteiger partial charge in [0, 0.05) is 28.2 Å². The van der Waals surface area contributed by atoms with Gasteiger partial charge in [-0.2, -0.15) is 0 Å². The highest BCUT2D eigenvalue weighted by atomic mass is 35.5. The number of rotatable bonds is 10. The predicted molar refractivity (Wildman–Crippen MR) is 136 cm³/mol. The number of pyridine rings is 1. The number of aryl methyl sites for hydroxylation is 1. The van der Waals surface area contributed by atoms with Gasteiger partial charge in [0.1, 0.15) is 5.69 Å². The molecule has 1 N–H and O–H groups in total. The lowest BCUT2D eigenvalue weighted by Crippen LogP contribution is -2.12. The molecule has 0 fully saturated rings. The number of carbonyl (C=O) groups excluding carboxylic acids is 1. The van der Waals surface area contributed by atoms with Crippen LogP contribution in [0.3, 0.4) is 0 Å². The van der Waals surface area contributed by atoms with Gasteiger partial charge in [-0.3, -0.25) is 9.78 Å². The highest BCUT2D eigenvalue weighted by Gasteiger charge is 2.20. The molecule has 0 radical (unpaired) electrons. The Morgan fingerprint density at radius 3 is 2.27 bits per heavy atom. The van der Waals surface area contributed by atoms with E-state index in [1.54, 1.807) is 30.5 Å². The molecule has 1 heterocycles. The fraction of sp³-hybridized carbons (Fsp3) is 0.269. The molecule has 0 amide bonds. The van der Waals surface area contributed by atoms with Crippen molar-refractivity contribution in [2.45, 2.75) is 43.9 Å². The summed E-state index contributed by atoms with van der Waals surface area (Å²) in [5, 5.41) is 10.3. The normalized spacial score (nSPS) is 10.8. The molecule has 0 saturated carbocycles. The minimum atomic E-state index is -1.10. The van der Waals surface area contributed by atoms with Gasteiger partial charge in [0.15, 0.2) is 0 Å². The minimum Gasteiger partial charge on any atom is -0.478 e. The summed E-state index contributed by atoms with van der Waals surface area (Å²) in [4.78, 5) is 31.4. The van der Waals surface area contributed by atoms with E-state index >= 15 is 0 Å². The van der Waals surface area contributed by atoms with Gasteiger partial charge in [-0.05, 0) is 66.9 Å². The van der Waals surface area contributed by atoms with Crippen LogP contribution in [0.25, 0.3) is 0 Å². The summed E-state index contributed by atoms with van der Waals surface area (Å²) in [5.74, 6) is -1.45. The van der Waals surface area contributed by atoms with E-state index in [9.17, 15) is 14.7 Å². The lowest BCUT2D eigenvalue weighted by atomic mass is 9.97. The maximum absolute atomic E-state index is 13.2. The number of unbranched alkanes of at least 4 members (excludes halogenated alkanes) is 3. The van der Waals surface area contributed by atoms with Crippen molar-refractivity contribution >= 4 is 47.4 Å². The third-order valence-electron chi connectivity index (χ3n) is 5.55. The summed E-state index contributed by atoms with van der Waals surface area (Å²) in [6, 6.07) is 14.2. The van der Waals surface area contributed by atoms with E-state index < -0.39 is 5.97 Å². The van der Waals surface area contributed by atoms with Gasteiger partial charge in [0.25, 0.3) is 0 Å². The molecule has 172 valence electrons. The van der Waals surface area contributed by atoms with Gasteiger partial charge in [-0.15, -0.1) is 12.6 Å². The molecule has 0 bridgehead atoms. The van der Waals surface area contributed by atoms with Crippen molar-refractivity contribution in [1.29, 1.82) is 0 Å². The van der Waals surface area contributed by atoms with E-state index in [0.29, 0.717) is 11.4 Å². The Morgan fingerprint density at radius 2 is 1.67 bits per heavy atom. The van der Waals surface area contributed by atoms with E-state index in [-0.39, 0.29) is 27.5 Å². The van der Waals surface area contributed by atoms with Gasteiger partial charge in [-0.25, -0.2) is 4.79 Å². The van der Waals surface area contributed by atoms with Crippen molar-refractivity contribution in [3.05, 3.63) is 82.1 Å². The molecule has 0 atom stereocenters. The Morgan fingerprint density at radius 1 is 1.00 bits per heavy atom. The number of aromatic nitrogens is 1. The molecular formula is C26H27ClN2O3S. The highest BCUT2D eigenvalue weighted by Crippen LogP contribution is 2.27. The Kier molecular flexibility index (Phi) is 8.53. The number of carboxylic acid groups (broad SMARTS) is 1. The summed E-state index contributed by atoms with van der Waals surface area (Å²) in [5.41, 5.74) is 3.08. The third-order valence-corrected chi connectivity index (χ3v) is 6.28. The molecule has 33 heavy (non-hydrogen) atoms. The van der Waals surface area contributed by atoms with Crippen LogP contribution in [0.4, 0.5) is 11.4 Å². The fourth-order valence-electron chi connectivity index (χ4n) is 3.60. The molecule has 3 rings (SSSR count). The summed E-state index contributed by atoms with van der Waals surface area (Å²) in [7, 11) is 1.90. The number of ketones is 1. The molecule has 0 spiro atoms. The molecule has 2 aromatic carbocycles. The van der Waals surface area contributed by atoms with Gasteiger partial charge >= 0.3 is 5.97 Å². The van der Waals surface area contributed by atoms with E-state index in [1.807, 2.05) is 36.2 Å². The molecule has 1 aromatic heterocycles. The number of carbonyl (C=O) groups is 2. The average molecular weight is 483 g/mol. The molecule has 0 aliphatic heterocycles. The molecule has 0 aliphatic rings. The first-order chi connectivity index (χ1) is 15.8. The van der Waals surface area contributed by atoms with E-state index in [4.69, 9.17) is 11.6 Å². The summed E-state index contributed by atoms with van der Waals surface area (Å²) in [6.07, 6.45) is 6.59. The molecule has 0 saturated heterocycles. The summed E-state index contributed by atoms with van der Waals surface area (Å²) >= 11 is 10.3. The van der Waals surface area contributed by atoms with Crippen LogP contribution >= 0.6 is 24.2 Å². The number of benzene rings is 2. The maximum Gasteiger partial charge on any atom is 0.336 e. The quantitative estimate of drug-likeness (QED) is 0.188. The zero-order valence-corrected chi connectivity index (χ0v) is 20.4. The zero-order valence-electron chi connectivity index (χ0n) is 18.7. The second kappa shape index (κ2) is 11.3. The third kappa shape index (κ3) is 6.15. The molecule has 0 unspecified atom stereocenters. The number of carboxylic acids is 1. The number of hydrogen-bond acceptors (Lipinski definition) is 5. The molecule has 5 nitrogen and oxygen atoms in total. The second-order valence-corrected chi connectivity index (χ2v) is 8.81. The number of aromatic carboxylic acids is 1. The van der Waals surface area contributed by atoms with Crippen LogP contribution < -0.4 is 4.90 Å². The number of anilines is 2. The number of hydrogen-bond donors (Lipinski definition) is 2. The number of halogens is 1. The SMILES string of the molecule is CCCCCCc1cc(C(=O)O)c(S)c(C(=O)c2ccc(N(C)c3ccc(Cl)cc3)cn2)c1. The Balaban J connectivity index is 1.86. The first-order valence-corrected chi connectivity index (χ1v) is 11.7. The lowest BCUT2D eigenvalue weighted by molar-refractivity contribution is 0.0693. The van der Waals surface area contributed by atoms with Crippen molar-refractivity contribution < 1.29 is 14.7 Å². The van der Waals surface area contributed by atoms with Crippen LogP contribution in [-0.4, -0.2) is 28.9 Å². The van der Waals surface area contributed by atoms with E-state index in [2.05, 4.69) is 24.5 Å². The molecule has 7 heteroatoms. The van der Waals surface area contributed by atoms with Crippen molar-refractivity contribution in [1.82, 2.24) is 4.98 Å². The standard InChI is InChI=1S/C26H27ClN2O3S/c1-3-4-5-6-7-17-14-21(25(33)22(15-17)26(31)32)24(30)23-13-12-20(16-28-23)29(2)19-10-8-18(27)9-11-19/h8-16,33H,3-7H2,1-2H3,(H,31,32). The zero-order chi connectivity index (χ0) is 24.0. The van der Waals surface area contributed by atoms with Crippen LogP contribution in [0.15, 0.2) is 59.6 Å². The highest BCUT2D eigenvalue weighted by molar-refractivity contribution is 7.80.